The number of carboxylic acids is 1. The summed E-state index contributed by atoms with van der Waals surface area (Å²) in [7, 11) is 0. The third kappa shape index (κ3) is 4.14. The summed E-state index contributed by atoms with van der Waals surface area (Å²) in [5.41, 5.74) is 0.421. The van der Waals surface area contributed by atoms with Gasteiger partial charge in [0.25, 0.3) is 5.91 Å². The standard InChI is InChI=1S/C20H29N5O4/c1-12-21-8-15(23-12)20(29)22-9-17-14-7-13(10-24(11-14)6-5-19(27)28)16-3-2-4-18(26)25(16)17/h8,13-14,16-17H,2-7,9-11H2,1H3,(H,21,23)(H,22,29)(H,27,28)/t13-,14+,16+,17+/m1/s1. The molecule has 4 atom stereocenters. The van der Waals surface area contributed by atoms with Gasteiger partial charge >= 0.3 is 5.97 Å². The number of aryl methyl sites for hydroxylation is 1. The minimum atomic E-state index is -0.783. The highest BCUT2D eigenvalue weighted by Gasteiger charge is 2.49. The van der Waals surface area contributed by atoms with Gasteiger partial charge in [-0.25, -0.2) is 4.98 Å². The van der Waals surface area contributed by atoms with E-state index in [1.807, 2.05) is 0 Å². The lowest BCUT2D eigenvalue weighted by Crippen LogP contribution is -2.67. The fraction of sp³-hybridized carbons (Fsp3) is 0.700. The number of H-pyrrole nitrogens is 1. The normalized spacial score (nSPS) is 29.4. The van der Waals surface area contributed by atoms with Crippen molar-refractivity contribution < 1.29 is 19.5 Å². The van der Waals surface area contributed by atoms with Crippen LogP contribution in [-0.2, 0) is 9.59 Å². The van der Waals surface area contributed by atoms with Crippen molar-refractivity contribution in [3.05, 3.63) is 17.7 Å². The van der Waals surface area contributed by atoms with Crippen molar-refractivity contribution in [2.24, 2.45) is 11.8 Å². The summed E-state index contributed by atoms with van der Waals surface area (Å²) >= 11 is 0. The number of imidazole rings is 1. The molecule has 29 heavy (non-hydrogen) atoms. The zero-order valence-electron chi connectivity index (χ0n) is 16.8. The molecule has 3 aliphatic heterocycles. The van der Waals surface area contributed by atoms with Gasteiger partial charge in [0.2, 0.25) is 5.91 Å². The number of hydrogen-bond donors (Lipinski definition) is 3. The van der Waals surface area contributed by atoms with Crippen LogP contribution in [0.25, 0.3) is 0 Å². The summed E-state index contributed by atoms with van der Waals surface area (Å²) in [5, 5.41) is 12.0. The number of aromatic amines is 1. The Labute approximate surface area is 169 Å². The van der Waals surface area contributed by atoms with E-state index in [-0.39, 0.29) is 36.2 Å². The summed E-state index contributed by atoms with van der Waals surface area (Å²) in [4.78, 5) is 47.6. The summed E-state index contributed by atoms with van der Waals surface area (Å²) < 4.78 is 0. The molecule has 0 saturated carbocycles. The van der Waals surface area contributed by atoms with E-state index in [0.717, 1.165) is 32.4 Å². The first-order valence-electron chi connectivity index (χ1n) is 10.5. The summed E-state index contributed by atoms with van der Waals surface area (Å²) in [6.45, 7) is 4.36. The Morgan fingerprint density at radius 1 is 1.34 bits per heavy atom. The van der Waals surface area contributed by atoms with Gasteiger partial charge in [0.1, 0.15) is 11.5 Å². The smallest absolute Gasteiger partial charge is 0.304 e. The zero-order valence-corrected chi connectivity index (χ0v) is 16.8. The van der Waals surface area contributed by atoms with E-state index in [2.05, 4.69) is 25.1 Å². The van der Waals surface area contributed by atoms with Crippen molar-refractivity contribution in [3.8, 4) is 0 Å². The number of aromatic nitrogens is 2. The minimum absolute atomic E-state index is 0.0513. The molecule has 9 heteroatoms. The average molecular weight is 403 g/mol. The quantitative estimate of drug-likeness (QED) is 0.641. The molecule has 4 heterocycles. The number of carbonyl (C=O) groups excluding carboxylic acids is 2. The van der Waals surface area contributed by atoms with Crippen LogP contribution in [0.15, 0.2) is 6.20 Å². The van der Waals surface area contributed by atoms with E-state index >= 15 is 0 Å². The lowest BCUT2D eigenvalue weighted by Gasteiger charge is -2.56. The number of amides is 2. The van der Waals surface area contributed by atoms with E-state index in [1.54, 1.807) is 6.92 Å². The molecule has 4 rings (SSSR count). The van der Waals surface area contributed by atoms with Gasteiger partial charge in [0.05, 0.1) is 18.7 Å². The Balaban J connectivity index is 1.49. The second-order valence-electron chi connectivity index (χ2n) is 8.58. The Hall–Kier alpha value is -2.42. The number of fused-ring (bicyclic) bond motifs is 4. The molecule has 2 amide bonds. The number of nitrogens with zero attached hydrogens (tertiary/aromatic N) is 3. The predicted octanol–water partition coefficient (Wildman–Crippen LogP) is 0.624. The fourth-order valence-electron chi connectivity index (χ4n) is 5.40. The number of carbonyl (C=O) groups is 3. The van der Waals surface area contributed by atoms with Crippen molar-refractivity contribution in [2.75, 3.05) is 26.2 Å². The highest BCUT2D eigenvalue weighted by Crippen LogP contribution is 2.41. The SMILES string of the molecule is Cc1ncc(C(=O)NC[C@H]2[C@H]3C[C@H](CN(CCC(=O)O)C3)[C@@H]3CCCC(=O)N32)[nH]1. The van der Waals surface area contributed by atoms with Crippen LogP contribution < -0.4 is 5.32 Å². The number of aliphatic carboxylic acids is 1. The van der Waals surface area contributed by atoms with Crippen molar-refractivity contribution in [1.29, 1.82) is 0 Å². The number of piperidine rings is 3. The van der Waals surface area contributed by atoms with Gasteiger partial charge < -0.3 is 25.2 Å². The maximum atomic E-state index is 12.8. The molecular weight excluding hydrogens is 374 g/mol. The summed E-state index contributed by atoms with van der Waals surface area (Å²) in [6.07, 6.45) is 5.14. The molecule has 2 bridgehead atoms. The first kappa shape index (κ1) is 19.9. The van der Waals surface area contributed by atoms with E-state index in [4.69, 9.17) is 5.11 Å². The maximum Gasteiger partial charge on any atom is 0.304 e. The van der Waals surface area contributed by atoms with Gasteiger partial charge in [0, 0.05) is 38.6 Å². The molecule has 1 aromatic rings. The fourth-order valence-corrected chi connectivity index (χ4v) is 5.40. The Bertz CT molecular complexity index is 794. The van der Waals surface area contributed by atoms with Gasteiger partial charge in [0.15, 0.2) is 0 Å². The number of carboxylic acid groups (broad SMARTS) is 1. The van der Waals surface area contributed by atoms with Crippen molar-refractivity contribution in [3.63, 3.8) is 0 Å². The molecule has 0 unspecified atom stereocenters. The van der Waals surface area contributed by atoms with Crippen LogP contribution in [0, 0.1) is 18.8 Å². The topological polar surface area (TPSA) is 119 Å². The number of likely N-dealkylation sites (tertiary alicyclic amines) is 1. The lowest BCUT2D eigenvalue weighted by atomic mass is 9.72. The first-order valence-corrected chi connectivity index (χ1v) is 10.5. The molecule has 3 saturated heterocycles. The second kappa shape index (κ2) is 8.14. The molecule has 158 valence electrons. The second-order valence-corrected chi connectivity index (χ2v) is 8.58. The maximum absolute atomic E-state index is 12.8. The van der Waals surface area contributed by atoms with Crippen LogP contribution in [0.2, 0.25) is 0 Å². The summed E-state index contributed by atoms with van der Waals surface area (Å²) in [6, 6.07) is 0.140. The van der Waals surface area contributed by atoms with Crippen LogP contribution in [-0.4, -0.2) is 80.9 Å². The Morgan fingerprint density at radius 3 is 2.86 bits per heavy atom. The molecule has 3 N–H and O–H groups in total. The van der Waals surface area contributed by atoms with Crippen molar-refractivity contribution >= 4 is 17.8 Å². The van der Waals surface area contributed by atoms with Crippen LogP contribution in [0.5, 0.6) is 0 Å². The van der Waals surface area contributed by atoms with Crippen molar-refractivity contribution in [1.82, 2.24) is 25.1 Å². The summed E-state index contributed by atoms with van der Waals surface area (Å²) in [5.74, 6) is 0.495. The van der Waals surface area contributed by atoms with E-state index in [0.29, 0.717) is 36.9 Å². The molecule has 3 fully saturated rings. The average Bonchev–Trinajstić information content (AvgIpc) is 3.13. The third-order valence-electron chi connectivity index (χ3n) is 6.63. The Morgan fingerprint density at radius 2 is 2.14 bits per heavy atom. The van der Waals surface area contributed by atoms with E-state index < -0.39 is 5.97 Å². The number of nitrogens with one attached hydrogen (secondary N) is 2. The monoisotopic (exact) mass is 403 g/mol. The zero-order chi connectivity index (χ0) is 20.5. The highest BCUT2D eigenvalue weighted by molar-refractivity contribution is 5.92. The van der Waals surface area contributed by atoms with Gasteiger partial charge in [-0.1, -0.05) is 0 Å². The van der Waals surface area contributed by atoms with Gasteiger partial charge in [-0.15, -0.1) is 0 Å². The van der Waals surface area contributed by atoms with Crippen LogP contribution >= 0.6 is 0 Å². The minimum Gasteiger partial charge on any atom is -0.481 e. The van der Waals surface area contributed by atoms with E-state index in [1.165, 1.54) is 6.20 Å². The van der Waals surface area contributed by atoms with Crippen LogP contribution in [0.4, 0.5) is 0 Å². The first-order chi connectivity index (χ1) is 13.9. The van der Waals surface area contributed by atoms with Gasteiger partial charge in [-0.2, -0.15) is 0 Å². The third-order valence-corrected chi connectivity index (χ3v) is 6.63. The Kier molecular flexibility index (Phi) is 5.58. The number of hydrogen-bond acceptors (Lipinski definition) is 5. The number of rotatable bonds is 6. The van der Waals surface area contributed by atoms with Crippen LogP contribution in [0.1, 0.15) is 48.4 Å². The van der Waals surface area contributed by atoms with E-state index in [9.17, 15) is 14.4 Å². The highest BCUT2D eigenvalue weighted by atomic mass is 16.4. The molecule has 1 aromatic heterocycles. The molecule has 0 radical (unpaired) electrons. The molecular formula is C20H29N5O4. The largest absolute Gasteiger partial charge is 0.481 e. The van der Waals surface area contributed by atoms with Crippen LogP contribution in [0.3, 0.4) is 0 Å². The van der Waals surface area contributed by atoms with Gasteiger partial charge in [-0.3, -0.25) is 14.4 Å². The predicted molar refractivity (Wildman–Crippen MR) is 104 cm³/mol. The lowest BCUT2D eigenvalue weighted by molar-refractivity contribution is -0.152. The molecule has 3 aliphatic rings. The molecule has 0 aliphatic carbocycles. The molecule has 9 nitrogen and oxygen atoms in total. The molecule has 0 aromatic carbocycles. The van der Waals surface area contributed by atoms with Crippen molar-refractivity contribution in [2.45, 2.75) is 51.1 Å². The van der Waals surface area contributed by atoms with Gasteiger partial charge in [-0.05, 0) is 38.0 Å². The molecule has 0 spiro atoms.